The molecular weight excluding hydrogens is 218 g/mol. The molecule has 17 heavy (non-hydrogen) atoms. The van der Waals surface area contributed by atoms with Gasteiger partial charge < -0.3 is 10.4 Å². The second kappa shape index (κ2) is 5.82. The molecule has 1 rings (SSSR count). The molecule has 0 unspecified atom stereocenters. The van der Waals surface area contributed by atoms with Crippen molar-refractivity contribution in [2.45, 2.75) is 33.2 Å². The lowest BCUT2D eigenvalue weighted by atomic mass is 10.0. The first-order valence-corrected chi connectivity index (χ1v) is 5.93. The van der Waals surface area contributed by atoms with E-state index in [2.05, 4.69) is 10.4 Å². The number of nitrogens with one attached hydrogen (secondary N) is 1. The summed E-state index contributed by atoms with van der Waals surface area (Å²) in [7, 11) is 1.79. The Kier molecular flexibility index (Phi) is 4.69. The van der Waals surface area contributed by atoms with Crippen molar-refractivity contribution in [3.63, 3.8) is 0 Å². The van der Waals surface area contributed by atoms with E-state index in [1.54, 1.807) is 17.9 Å². The van der Waals surface area contributed by atoms with Crippen molar-refractivity contribution in [2.75, 3.05) is 6.61 Å². The van der Waals surface area contributed by atoms with Crippen molar-refractivity contribution in [3.05, 3.63) is 17.5 Å². The number of hydrogen-bond acceptors (Lipinski definition) is 3. The lowest BCUT2D eigenvalue weighted by Crippen LogP contribution is -2.41. The number of rotatable bonds is 5. The van der Waals surface area contributed by atoms with Gasteiger partial charge in [-0.3, -0.25) is 9.48 Å². The summed E-state index contributed by atoms with van der Waals surface area (Å²) in [6, 6.07) is -0.215. The Balaban J connectivity index is 2.81. The van der Waals surface area contributed by atoms with Crippen molar-refractivity contribution < 1.29 is 9.90 Å². The third-order valence-corrected chi connectivity index (χ3v) is 2.80. The van der Waals surface area contributed by atoms with Crippen LogP contribution in [0.2, 0.25) is 0 Å². The van der Waals surface area contributed by atoms with E-state index in [-0.39, 0.29) is 24.5 Å². The molecule has 0 saturated heterocycles. The van der Waals surface area contributed by atoms with Gasteiger partial charge in [-0.25, -0.2) is 0 Å². The molecule has 1 aromatic heterocycles. The molecule has 5 nitrogen and oxygen atoms in total. The van der Waals surface area contributed by atoms with Crippen LogP contribution in [0.25, 0.3) is 0 Å². The summed E-state index contributed by atoms with van der Waals surface area (Å²) in [6.07, 6.45) is 2.43. The highest BCUT2D eigenvalue weighted by Crippen LogP contribution is 2.09. The number of aryl methyl sites for hydroxylation is 2. The molecule has 0 fully saturated rings. The van der Waals surface area contributed by atoms with Gasteiger partial charge in [0.1, 0.15) is 0 Å². The van der Waals surface area contributed by atoms with Gasteiger partial charge >= 0.3 is 0 Å². The van der Waals surface area contributed by atoms with Crippen LogP contribution in [-0.4, -0.2) is 33.4 Å². The second-order valence-corrected chi connectivity index (χ2v) is 4.52. The summed E-state index contributed by atoms with van der Waals surface area (Å²) in [6.45, 7) is 5.84. The third-order valence-electron chi connectivity index (χ3n) is 2.80. The van der Waals surface area contributed by atoms with Gasteiger partial charge in [-0.05, 0) is 12.3 Å². The topological polar surface area (TPSA) is 67.2 Å². The molecule has 96 valence electrons. The Morgan fingerprint density at radius 1 is 1.59 bits per heavy atom. The number of aromatic nitrogens is 2. The number of amides is 1. The number of aliphatic hydroxyl groups excluding tert-OH is 1. The number of hydrogen-bond donors (Lipinski definition) is 2. The second-order valence-electron chi connectivity index (χ2n) is 4.52. The van der Waals surface area contributed by atoms with Crippen LogP contribution in [-0.2, 0) is 13.5 Å². The minimum Gasteiger partial charge on any atom is -0.394 e. The molecule has 1 aromatic rings. The van der Waals surface area contributed by atoms with E-state index in [0.29, 0.717) is 5.56 Å². The van der Waals surface area contributed by atoms with Gasteiger partial charge in [0, 0.05) is 13.2 Å². The van der Waals surface area contributed by atoms with Crippen molar-refractivity contribution in [2.24, 2.45) is 13.0 Å². The SMILES string of the molecule is CCc1nn(C)cc1C(=O)N[C@H](CO)C(C)C. The van der Waals surface area contributed by atoms with Crippen LogP contribution in [0.4, 0.5) is 0 Å². The van der Waals surface area contributed by atoms with Crippen molar-refractivity contribution in [1.29, 1.82) is 0 Å². The normalized spacial score (nSPS) is 12.8. The van der Waals surface area contributed by atoms with E-state index in [1.165, 1.54) is 0 Å². The zero-order valence-electron chi connectivity index (χ0n) is 10.9. The number of carbonyl (C=O) groups excluding carboxylic acids is 1. The molecule has 0 radical (unpaired) electrons. The average molecular weight is 239 g/mol. The highest BCUT2D eigenvalue weighted by molar-refractivity contribution is 5.95. The maximum Gasteiger partial charge on any atom is 0.255 e. The van der Waals surface area contributed by atoms with Gasteiger partial charge in [0.25, 0.3) is 5.91 Å². The lowest BCUT2D eigenvalue weighted by molar-refractivity contribution is 0.0896. The van der Waals surface area contributed by atoms with Crippen LogP contribution in [0.1, 0.15) is 36.8 Å². The van der Waals surface area contributed by atoms with Gasteiger partial charge in [-0.1, -0.05) is 20.8 Å². The summed E-state index contributed by atoms with van der Waals surface area (Å²) in [5.74, 6) is 0.0356. The first-order chi connectivity index (χ1) is 7.99. The smallest absolute Gasteiger partial charge is 0.255 e. The Bertz CT molecular complexity index is 385. The Morgan fingerprint density at radius 3 is 2.71 bits per heavy atom. The summed E-state index contributed by atoms with van der Waals surface area (Å²) in [5, 5.41) is 16.2. The van der Waals surface area contributed by atoms with Crippen LogP contribution in [0.3, 0.4) is 0 Å². The van der Waals surface area contributed by atoms with Crippen LogP contribution in [0, 0.1) is 5.92 Å². The van der Waals surface area contributed by atoms with Gasteiger partial charge in [0.15, 0.2) is 0 Å². The molecule has 0 spiro atoms. The number of aliphatic hydroxyl groups is 1. The van der Waals surface area contributed by atoms with Crippen molar-refractivity contribution >= 4 is 5.91 Å². The molecule has 0 saturated carbocycles. The highest BCUT2D eigenvalue weighted by atomic mass is 16.3. The predicted molar refractivity (Wildman–Crippen MR) is 65.8 cm³/mol. The van der Waals surface area contributed by atoms with Gasteiger partial charge in [-0.15, -0.1) is 0 Å². The van der Waals surface area contributed by atoms with Crippen molar-refractivity contribution in [1.82, 2.24) is 15.1 Å². The van der Waals surface area contributed by atoms with E-state index >= 15 is 0 Å². The molecule has 1 atom stereocenters. The fourth-order valence-corrected chi connectivity index (χ4v) is 1.65. The van der Waals surface area contributed by atoms with Crippen LogP contribution in [0.15, 0.2) is 6.20 Å². The summed E-state index contributed by atoms with van der Waals surface area (Å²) >= 11 is 0. The minimum atomic E-state index is -0.215. The summed E-state index contributed by atoms with van der Waals surface area (Å²) < 4.78 is 1.64. The molecule has 0 aliphatic rings. The molecule has 1 amide bonds. The molecule has 2 N–H and O–H groups in total. The van der Waals surface area contributed by atoms with Crippen LogP contribution in [0.5, 0.6) is 0 Å². The lowest BCUT2D eigenvalue weighted by Gasteiger charge is -2.19. The van der Waals surface area contributed by atoms with E-state index in [9.17, 15) is 9.90 Å². The van der Waals surface area contributed by atoms with E-state index in [0.717, 1.165) is 12.1 Å². The van der Waals surface area contributed by atoms with Crippen LogP contribution >= 0.6 is 0 Å². The maximum atomic E-state index is 12.0. The maximum absolute atomic E-state index is 12.0. The molecule has 0 aliphatic carbocycles. The van der Waals surface area contributed by atoms with E-state index < -0.39 is 0 Å². The molecule has 0 aromatic carbocycles. The summed E-state index contributed by atoms with van der Waals surface area (Å²) in [4.78, 5) is 12.0. The molecule has 1 heterocycles. The van der Waals surface area contributed by atoms with Gasteiger partial charge in [-0.2, -0.15) is 5.10 Å². The number of nitrogens with zero attached hydrogens (tertiary/aromatic N) is 2. The van der Waals surface area contributed by atoms with Crippen LogP contribution < -0.4 is 5.32 Å². The predicted octanol–water partition coefficient (Wildman–Crippen LogP) is 0.729. The third kappa shape index (κ3) is 3.30. The monoisotopic (exact) mass is 239 g/mol. The fourth-order valence-electron chi connectivity index (χ4n) is 1.65. The first kappa shape index (κ1) is 13.7. The zero-order chi connectivity index (χ0) is 13.0. The minimum absolute atomic E-state index is 0.0505. The average Bonchev–Trinajstić information content (AvgIpc) is 2.66. The summed E-state index contributed by atoms with van der Waals surface area (Å²) in [5.41, 5.74) is 1.37. The van der Waals surface area contributed by atoms with E-state index in [1.807, 2.05) is 20.8 Å². The molecule has 0 bridgehead atoms. The largest absolute Gasteiger partial charge is 0.394 e. The number of carbonyl (C=O) groups is 1. The molecule has 0 aliphatic heterocycles. The Morgan fingerprint density at radius 2 is 2.24 bits per heavy atom. The van der Waals surface area contributed by atoms with Gasteiger partial charge in [0.05, 0.1) is 23.9 Å². The van der Waals surface area contributed by atoms with Gasteiger partial charge in [0.2, 0.25) is 0 Å². The Hall–Kier alpha value is -1.36. The highest BCUT2D eigenvalue weighted by Gasteiger charge is 2.19. The molecular formula is C12H21N3O2. The van der Waals surface area contributed by atoms with Crippen molar-refractivity contribution in [3.8, 4) is 0 Å². The molecule has 5 heteroatoms. The first-order valence-electron chi connectivity index (χ1n) is 5.93. The zero-order valence-corrected chi connectivity index (χ0v) is 10.9. The standard InChI is InChI=1S/C12H21N3O2/c1-5-10-9(6-15(4)14-10)12(17)13-11(7-16)8(2)3/h6,8,11,16H,5,7H2,1-4H3,(H,13,17)/t11-/m1/s1. The fraction of sp³-hybridized carbons (Fsp3) is 0.667. The quantitative estimate of drug-likeness (QED) is 0.796. The Labute approximate surface area is 102 Å². The van der Waals surface area contributed by atoms with E-state index in [4.69, 9.17) is 0 Å².